The fourth-order valence-corrected chi connectivity index (χ4v) is 3.20. The van der Waals surface area contributed by atoms with Crippen molar-refractivity contribution >= 4 is 17.1 Å². The largest absolute Gasteiger partial charge is 0.394 e. The van der Waals surface area contributed by atoms with E-state index in [1.165, 1.54) is 0 Å². The Labute approximate surface area is 155 Å². The zero-order chi connectivity index (χ0) is 20.8. The van der Waals surface area contributed by atoms with E-state index < -0.39 is 54.8 Å². The molecule has 9 N–H and O–H groups in total. The lowest BCUT2D eigenvalue weighted by molar-refractivity contribution is -0.315. The summed E-state index contributed by atoms with van der Waals surface area (Å²) in [7, 11) is 0. The van der Waals surface area contributed by atoms with Crippen molar-refractivity contribution in [3.63, 3.8) is 0 Å². The van der Waals surface area contributed by atoms with Gasteiger partial charge in [-0.25, -0.2) is 9.36 Å². The van der Waals surface area contributed by atoms with Gasteiger partial charge in [0.15, 0.2) is 17.4 Å². The molecule has 14 nitrogen and oxygen atoms in total. The minimum Gasteiger partial charge on any atom is -0.394 e. The van der Waals surface area contributed by atoms with Crippen molar-refractivity contribution in [2.75, 3.05) is 12.3 Å². The first-order valence-electron chi connectivity index (χ1n) is 8.35. The van der Waals surface area contributed by atoms with Crippen LogP contribution < -0.4 is 17.0 Å². The lowest BCUT2D eigenvalue weighted by Gasteiger charge is -2.16. The Hall–Kier alpha value is -2.33. The van der Waals surface area contributed by atoms with Gasteiger partial charge in [-0.2, -0.15) is 4.98 Å². The van der Waals surface area contributed by atoms with E-state index in [4.69, 9.17) is 25.8 Å². The third-order valence-corrected chi connectivity index (χ3v) is 4.50. The Kier molecular flexibility index (Phi) is 5.28. The number of H-pyrrole nitrogens is 1. The van der Waals surface area contributed by atoms with Crippen LogP contribution in [0.1, 0.15) is 19.1 Å². The van der Waals surface area contributed by atoms with E-state index >= 15 is 0 Å². The Balaban J connectivity index is 2.12. The molecule has 0 radical (unpaired) electrons. The molecule has 0 amide bonds. The number of aromatic amines is 1. The van der Waals surface area contributed by atoms with E-state index in [9.17, 15) is 24.9 Å². The summed E-state index contributed by atoms with van der Waals surface area (Å²) in [4.78, 5) is 31.4. The minimum absolute atomic E-state index is 0.109. The minimum atomic E-state index is -2.94. The van der Waals surface area contributed by atoms with Gasteiger partial charge in [-0.15, -0.1) is 0 Å². The summed E-state index contributed by atoms with van der Waals surface area (Å²) >= 11 is 0. The third kappa shape index (κ3) is 3.53. The predicted octanol–water partition coefficient (Wildman–Crippen LogP) is -4.51. The standard InChI is InChI=1S/C14H21N5O9/c15-12-16-9-6(10(23)17-12)18(3-1-2-14(25,26)27)13(24)19(9)11-8(22)7(21)5(4-20)28-11/h5,7-8,11,20-22,25-27H,1-4H2,(H3,15,16,17,23). The number of nitrogen functional groups attached to an aromatic ring is 1. The first kappa shape index (κ1) is 20.4. The van der Waals surface area contributed by atoms with Gasteiger partial charge >= 0.3 is 5.69 Å². The summed E-state index contributed by atoms with van der Waals surface area (Å²) in [6.45, 7) is -0.834. The molecular formula is C14H21N5O9. The van der Waals surface area contributed by atoms with E-state index in [-0.39, 0.29) is 30.1 Å². The van der Waals surface area contributed by atoms with Crippen LogP contribution in [0.15, 0.2) is 9.59 Å². The zero-order valence-corrected chi connectivity index (χ0v) is 14.5. The number of aliphatic hydroxyl groups is 6. The second-order valence-electron chi connectivity index (χ2n) is 6.53. The summed E-state index contributed by atoms with van der Waals surface area (Å²) in [5.41, 5.74) is 3.46. The van der Waals surface area contributed by atoms with Gasteiger partial charge in [0.1, 0.15) is 18.3 Å². The molecule has 28 heavy (non-hydrogen) atoms. The van der Waals surface area contributed by atoms with E-state index in [0.717, 1.165) is 9.13 Å². The maximum atomic E-state index is 12.9. The van der Waals surface area contributed by atoms with Gasteiger partial charge in [-0.1, -0.05) is 0 Å². The summed E-state index contributed by atoms with van der Waals surface area (Å²) in [6, 6.07) is 0. The van der Waals surface area contributed by atoms with Crippen molar-refractivity contribution in [1.29, 1.82) is 0 Å². The van der Waals surface area contributed by atoms with Crippen molar-refractivity contribution in [2.45, 2.75) is 49.9 Å². The maximum absolute atomic E-state index is 12.9. The molecule has 3 heterocycles. The van der Waals surface area contributed by atoms with E-state index in [2.05, 4.69) is 9.97 Å². The number of nitrogens with one attached hydrogen (secondary N) is 1. The third-order valence-electron chi connectivity index (χ3n) is 4.50. The molecular weight excluding hydrogens is 382 g/mol. The van der Waals surface area contributed by atoms with Gasteiger partial charge in [0.25, 0.3) is 11.5 Å². The second-order valence-corrected chi connectivity index (χ2v) is 6.53. The highest BCUT2D eigenvalue weighted by atomic mass is 16.7. The Morgan fingerprint density at radius 3 is 2.46 bits per heavy atom. The molecule has 14 heteroatoms. The van der Waals surface area contributed by atoms with Gasteiger partial charge in [-0.3, -0.25) is 14.3 Å². The second kappa shape index (κ2) is 7.25. The summed E-state index contributed by atoms with van der Waals surface area (Å²) in [5.74, 6) is -3.25. The number of hydrogen-bond acceptors (Lipinski definition) is 11. The fourth-order valence-electron chi connectivity index (χ4n) is 3.20. The normalized spacial score (nSPS) is 25.6. The molecule has 2 aromatic rings. The molecule has 156 valence electrons. The maximum Gasteiger partial charge on any atom is 0.332 e. The van der Waals surface area contributed by atoms with Crippen LogP contribution in [0.25, 0.3) is 11.2 Å². The van der Waals surface area contributed by atoms with Crippen LogP contribution >= 0.6 is 0 Å². The van der Waals surface area contributed by atoms with Gasteiger partial charge in [0, 0.05) is 13.0 Å². The number of hydrogen-bond donors (Lipinski definition) is 8. The number of imidazole rings is 1. The molecule has 0 spiro atoms. The first-order chi connectivity index (χ1) is 13.0. The smallest absolute Gasteiger partial charge is 0.332 e. The summed E-state index contributed by atoms with van der Waals surface area (Å²) in [6.07, 6.45) is -6.33. The molecule has 2 aromatic heterocycles. The van der Waals surface area contributed by atoms with E-state index in [0.29, 0.717) is 0 Å². The van der Waals surface area contributed by atoms with Gasteiger partial charge in [-0.05, 0) is 6.42 Å². The molecule has 1 aliphatic rings. The number of fused-ring (bicyclic) bond motifs is 1. The van der Waals surface area contributed by atoms with Gasteiger partial charge in [0.05, 0.1) is 6.61 Å². The number of nitrogens with two attached hydrogens (primary N) is 1. The number of nitrogens with zero attached hydrogens (tertiary/aromatic N) is 3. The molecule has 4 atom stereocenters. The quantitative estimate of drug-likeness (QED) is 0.214. The average Bonchev–Trinajstić information content (AvgIpc) is 3.01. The molecule has 0 aromatic carbocycles. The van der Waals surface area contributed by atoms with Crippen LogP contribution in [-0.4, -0.2) is 80.6 Å². The molecule has 3 rings (SSSR count). The van der Waals surface area contributed by atoms with Crippen LogP contribution in [0, 0.1) is 0 Å². The van der Waals surface area contributed by atoms with Crippen LogP contribution in [0.3, 0.4) is 0 Å². The van der Waals surface area contributed by atoms with Crippen LogP contribution in [0.2, 0.25) is 0 Å². The first-order valence-corrected chi connectivity index (χ1v) is 8.35. The van der Waals surface area contributed by atoms with Crippen molar-refractivity contribution in [1.82, 2.24) is 19.1 Å². The number of aliphatic hydroxyl groups excluding tert-OH is 3. The molecule has 4 unspecified atom stereocenters. The molecule has 1 aliphatic heterocycles. The summed E-state index contributed by atoms with van der Waals surface area (Å²) < 4.78 is 7.12. The van der Waals surface area contributed by atoms with Crippen molar-refractivity contribution in [2.24, 2.45) is 0 Å². The topological polar surface area (TPSA) is 229 Å². The van der Waals surface area contributed by atoms with E-state index in [1.807, 2.05) is 0 Å². The van der Waals surface area contributed by atoms with Gasteiger partial charge in [0.2, 0.25) is 5.95 Å². The number of aromatic nitrogens is 4. The van der Waals surface area contributed by atoms with Crippen molar-refractivity contribution in [3.8, 4) is 0 Å². The zero-order valence-electron chi connectivity index (χ0n) is 14.5. The Morgan fingerprint density at radius 1 is 1.21 bits per heavy atom. The highest BCUT2D eigenvalue weighted by molar-refractivity contribution is 5.71. The monoisotopic (exact) mass is 403 g/mol. The van der Waals surface area contributed by atoms with Crippen LogP contribution in [0.5, 0.6) is 0 Å². The molecule has 0 saturated carbocycles. The summed E-state index contributed by atoms with van der Waals surface area (Å²) in [5, 5.41) is 56.4. The average molecular weight is 403 g/mol. The Morgan fingerprint density at radius 2 is 1.89 bits per heavy atom. The number of anilines is 1. The molecule has 1 fully saturated rings. The highest BCUT2D eigenvalue weighted by Crippen LogP contribution is 2.30. The predicted molar refractivity (Wildman–Crippen MR) is 90.7 cm³/mol. The Bertz CT molecular complexity index is 974. The van der Waals surface area contributed by atoms with Crippen LogP contribution in [0.4, 0.5) is 5.95 Å². The molecule has 0 bridgehead atoms. The van der Waals surface area contributed by atoms with Crippen molar-refractivity contribution < 1.29 is 35.4 Å². The lowest BCUT2D eigenvalue weighted by atomic mass is 10.1. The van der Waals surface area contributed by atoms with Crippen LogP contribution in [-0.2, 0) is 11.3 Å². The number of aryl methyl sites for hydroxylation is 1. The highest BCUT2D eigenvalue weighted by Gasteiger charge is 2.45. The lowest BCUT2D eigenvalue weighted by Crippen LogP contribution is -2.36. The fraction of sp³-hybridized carbons (Fsp3) is 0.643. The number of rotatable bonds is 6. The molecule has 0 aliphatic carbocycles. The molecule has 1 saturated heterocycles. The SMILES string of the molecule is Nc1nc2c(c(=O)[nH]1)n(CCCC(O)(O)O)c(=O)n2C1OC(CO)C(O)C1O. The van der Waals surface area contributed by atoms with E-state index in [1.54, 1.807) is 0 Å². The van der Waals surface area contributed by atoms with Crippen molar-refractivity contribution in [3.05, 3.63) is 20.8 Å². The van der Waals surface area contributed by atoms with Gasteiger partial charge < -0.3 is 41.1 Å². The number of ether oxygens (including phenoxy) is 1.